The van der Waals surface area contributed by atoms with Crippen LogP contribution < -0.4 is 10.6 Å². The van der Waals surface area contributed by atoms with Crippen molar-refractivity contribution in [3.8, 4) is 0 Å². The number of sulfonamides is 1. The first-order valence-corrected chi connectivity index (χ1v) is 19.2. The fourth-order valence-electron chi connectivity index (χ4n) is 6.92. The number of benzene rings is 4. The van der Waals surface area contributed by atoms with Gasteiger partial charge in [0.2, 0.25) is 15.9 Å². The second-order valence-corrected chi connectivity index (χ2v) is 15.3. The third-order valence-electron chi connectivity index (χ3n) is 9.90. The molecule has 4 atom stereocenters. The highest BCUT2D eigenvalue weighted by atomic mass is 32.2. The van der Waals surface area contributed by atoms with Gasteiger partial charge < -0.3 is 25.0 Å². The Kier molecular flexibility index (Phi) is 12.2. The maximum absolute atomic E-state index is 14.0. The molecule has 1 saturated carbocycles. The summed E-state index contributed by atoms with van der Waals surface area (Å²) in [6, 6.07) is 26.4. The Morgan fingerprint density at radius 1 is 0.815 bits per heavy atom. The first-order valence-electron chi connectivity index (χ1n) is 17.7. The van der Waals surface area contributed by atoms with Crippen LogP contribution in [0.4, 0.5) is 18.4 Å². The minimum absolute atomic E-state index is 0.00972. The van der Waals surface area contributed by atoms with E-state index < -0.39 is 57.8 Å². The van der Waals surface area contributed by atoms with E-state index in [0.29, 0.717) is 30.4 Å². The van der Waals surface area contributed by atoms with E-state index in [9.17, 15) is 31.6 Å². The Balaban J connectivity index is 1.15. The fourth-order valence-corrected chi connectivity index (χ4v) is 8.58. The summed E-state index contributed by atoms with van der Waals surface area (Å²) in [6.07, 6.45) is 0.162. The van der Waals surface area contributed by atoms with Gasteiger partial charge in [0, 0.05) is 37.6 Å². The number of rotatable bonds is 13. The highest BCUT2D eigenvalue weighted by molar-refractivity contribution is 7.89. The van der Waals surface area contributed by atoms with Gasteiger partial charge in [0.25, 0.3) is 0 Å². The summed E-state index contributed by atoms with van der Waals surface area (Å²) in [5, 5.41) is 5.63. The van der Waals surface area contributed by atoms with E-state index in [4.69, 9.17) is 9.47 Å². The smallest absolute Gasteiger partial charge is 0.410 e. The molecule has 1 aliphatic heterocycles. The average molecular weight is 761 g/mol. The van der Waals surface area contributed by atoms with Gasteiger partial charge in [-0.25, -0.2) is 26.8 Å². The average Bonchev–Trinajstić information content (AvgIpc) is 3.94. The molecule has 0 spiro atoms. The van der Waals surface area contributed by atoms with Crippen LogP contribution in [0.1, 0.15) is 41.9 Å². The van der Waals surface area contributed by atoms with Crippen molar-refractivity contribution in [3.05, 3.63) is 138 Å². The predicted octanol–water partition coefficient (Wildman–Crippen LogP) is 5.82. The predicted molar refractivity (Wildman–Crippen MR) is 196 cm³/mol. The van der Waals surface area contributed by atoms with E-state index in [1.54, 1.807) is 30.3 Å². The third kappa shape index (κ3) is 9.41. The van der Waals surface area contributed by atoms with Gasteiger partial charge in [-0.15, -0.1) is 0 Å². The number of carbonyl (C=O) groups is 3. The molecule has 11 nitrogen and oxygen atoms in total. The zero-order chi connectivity index (χ0) is 38.2. The first-order chi connectivity index (χ1) is 26.0. The van der Waals surface area contributed by atoms with Crippen molar-refractivity contribution in [1.82, 2.24) is 19.8 Å². The number of piperazine rings is 1. The molecule has 6 rings (SSSR count). The second kappa shape index (κ2) is 17.2. The highest BCUT2D eigenvalue weighted by Crippen LogP contribution is 2.38. The molecular weight excluding hydrogens is 719 g/mol. The van der Waals surface area contributed by atoms with Crippen LogP contribution in [0.15, 0.2) is 114 Å². The molecular formula is C40H42F2N4O7S. The summed E-state index contributed by atoms with van der Waals surface area (Å²) in [5.74, 6) is -2.33. The van der Waals surface area contributed by atoms with Gasteiger partial charge in [0.05, 0.1) is 12.0 Å². The van der Waals surface area contributed by atoms with Crippen molar-refractivity contribution < 1.29 is 41.1 Å². The van der Waals surface area contributed by atoms with Crippen LogP contribution in [0, 0.1) is 17.6 Å². The number of nitrogens with zero attached hydrogens (tertiary/aromatic N) is 2. The molecule has 1 saturated heterocycles. The standard InChI is InChI=1S/C40H42F2N4O7S/c1-52-39(48)44-37(36(28-12-17-31(41)18-13-28)29-14-19-32(42)20-15-29)38(47)43-35-24-30(35)16-21-33-25-45(40(49)53-26-27-8-4-2-5-9-27)22-23-46(33)54(50,51)34-10-6-3-7-11-34/h2-15,17-20,30,33,35-37H,16,21-26H2,1H3,(H,43,47)(H,44,48)/t30?,33-,35?,37+/m0/s1. The van der Waals surface area contributed by atoms with Crippen molar-refractivity contribution in [3.63, 3.8) is 0 Å². The summed E-state index contributed by atoms with van der Waals surface area (Å²) in [7, 11) is -2.71. The number of amides is 3. The molecule has 0 aromatic heterocycles. The third-order valence-corrected chi connectivity index (χ3v) is 11.9. The van der Waals surface area contributed by atoms with Gasteiger partial charge in [0.15, 0.2) is 0 Å². The summed E-state index contributed by atoms with van der Waals surface area (Å²) in [5.41, 5.74) is 1.85. The molecule has 2 aliphatic rings. The van der Waals surface area contributed by atoms with Crippen LogP contribution in [0.25, 0.3) is 0 Å². The zero-order valence-electron chi connectivity index (χ0n) is 29.6. The van der Waals surface area contributed by atoms with Gasteiger partial charge in [-0.05, 0) is 78.3 Å². The quantitative estimate of drug-likeness (QED) is 0.176. The Bertz CT molecular complexity index is 1960. The lowest BCUT2D eigenvalue weighted by Crippen LogP contribution is -2.56. The Hall–Kier alpha value is -5.34. The van der Waals surface area contributed by atoms with E-state index in [-0.39, 0.29) is 43.1 Å². The lowest BCUT2D eigenvalue weighted by atomic mass is 9.84. The molecule has 2 unspecified atom stereocenters. The Labute approximate surface area is 313 Å². The molecule has 1 heterocycles. The number of nitrogens with one attached hydrogen (secondary N) is 2. The first kappa shape index (κ1) is 38.4. The van der Waals surface area contributed by atoms with Crippen molar-refractivity contribution in [2.24, 2.45) is 5.92 Å². The summed E-state index contributed by atoms with van der Waals surface area (Å²) >= 11 is 0. The van der Waals surface area contributed by atoms with E-state index in [0.717, 1.165) is 5.56 Å². The minimum Gasteiger partial charge on any atom is -0.453 e. The van der Waals surface area contributed by atoms with E-state index >= 15 is 0 Å². The molecule has 2 N–H and O–H groups in total. The number of alkyl carbamates (subject to hydrolysis) is 1. The molecule has 54 heavy (non-hydrogen) atoms. The van der Waals surface area contributed by atoms with Gasteiger partial charge in [0.1, 0.15) is 24.3 Å². The number of methoxy groups -OCH3 is 1. The zero-order valence-corrected chi connectivity index (χ0v) is 30.5. The maximum atomic E-state index is 14.0. The van der Waals surface area contributed by atoms with E-state index in [2.05, 4.69) is 10.6 Å². The molecule has 3 amide bonds. The van der Waals surface area contributed by atoms with Crippen LogP contribution in [-0.2, 0) is 30.9 Å². The van der Waals surface area contributed by atoms with E-state index in [1.165, 1.54) is 64.8 Å². The van der Waals surface area contributed by atoms with Crippen molar-refractivity contribution in [1.29, 1.82) is 0 Å². The lowest BCUT2D eigenvalue weighted by Gasteiger charge is -2.40. The number of hydrogen-bond acceptors (Lipinski definition) is 7. The van der Waals surface area contributed by atoms with Gasteiger partial charge >= 0.3 is 12.2 Å². The summed E-state index contributed by atoms with van der Waals surface area (Å²) in [4.78, 5) is 41.3. The van der Waals surface area contributed by atoms with Crippen LogP contribution >= 0.6 is 0 Å². The van der Waals surface area contributed by atoms with Crippen molar-refractivity contribution >= 4 is 28.1 Å². The number of carbonyl (C=O) groups excluding carboxylic acids is 3. The molecule has 4 aromatic carbocycles. The second-order valence-electron chi connectivity index (χ2n) is 13.5. The van der Waals surface area contributed by atoms with Crippen LogP contribution in [0.2, 0.25) is 0 Å². The minimum atomic E-state index is -3.88. The van der Waals surface area contributed by atoms with Gasteiger partial charge in [-0.3, -0.25) is 4.79 Å². The van der Waals surface area contributed by atoms with E-state index in [1.807, 2.05) is 30.3 Å². The summed E-state index contributed by atoms with van der Waals surface area (Å²) < 4.78 is 67.3. The summed E-state index contributed by atoms with van der Waals surface area (Å²) in [6.45, 7) is 0.468. The normalized spacial score (nSPS) is 19.1. The largest absolute Gasteiger partial charge is 0.453 e. The molecule has 4 aromatic rings. The topological polar surface area (TPSA) is 134 Å². The Morgan fingerprint density at radius 3 is 2.00 bits per heavy atom. The van der Waals surface area contributed by atoms with Crippen molar-refractivity contribution in [2.75, 3.05) is 26.7 Å². The monoisotopic (exact) mass is 760 g/mol. The molecule has 1 aliphatic carbocycles. The number of ether oxygens (including phenoxy) is 2. The SMILES string of the molecule is COC(=O)N[C@@H](C(=O)NC1CC1CC[C@H]1CN(C(=O)OCc2ccccc2)CCN1S(=O)(=O)c1ccccc1)C(c1ccc(F)cc1)c1ccc(F)cc1. The molecule has 284 valence electrons. The molecule has 0 radical (unpaired) electrons. The fraction of sp³-hybridized carbons (Fsp3) is 0.325. The van der Waals surface area contributed by atoms with Gasteiger partial charge in [-0.2, -0.15) is 4.31 Å². The van der Waals surface area contributed by atoms with Crippen LogP contribution in [0.3, 0.4) is 0 Å². The van der Waals surface area contributed by atoms with Crippen molar-refractivity contribution in [2.45, 2.75) is 54.8 Å². The maximum Gasteiger partial charge on any atom is 0.410 e. The number of hydrogen-bond donors (Lipinski definition) is 2. The van der Waals surface area contributed by atoms with Crippen LogP contribution in [0.5, 0.6) is 0 Å². The molecule has 0 bridgehead atoms. The molecule has 14 heteroatoms. The lowest BCUT2D eigenvalue weighted by molar-refractivity contribution is -0.123. The Morgan fingerprint density at radius 2 is 1.41 bits per heavy atom. The number of halogens is 2. The molecule has 2 fully saturated rings. The van der Waals surface area contributed by atoms with Crippen LogP contribution in [-0.4, -0.2) is 80.6 Å². The highest BCUT2D eigenvalue weighted by Gasteiger charge is 2.44. The van der Waals surface area contributed by atoms with Gasteiger partial charge in [-0.1, -0.05) is 72.8 Å².